The lowest BCUT2D eigenvalue weighted by atomic mass is 9.98. The van der Waals surface area contributed by atoms with E-state index < -0.39 is 11.7 Å². The van der Waals surface area contributed by atoms with Crippen LogP contribution in [0.4, 0.5) is 10.1 Å². The predicted molar refractivity (Wildman–Crippen MR) is 122 cm³/mol. The molecule has 2 amide bonds. The molecule has 0 spiro atoms. The van der Waals surface area contributed by atoms with Crippen LogP contribution in [0.3, 0.4) is 0 Å². The first-order chi connectivity index (χ1) is 16.0. The molecule has 1 aliphatic rings. The van der Waals surface area contributed by atoms with Gasteiger partial charge in [0.05, 0.1) is 14.2 Å². The number of ether oxygens (including phenoxy) is 2. The summed E-state index contributed by atoms with van der Waals surface area (Å²) in [5, 5.41) is 11.7. The molecule has 0 saturated carbocycles. The van der Waals surface area contributed by atoms with Gasteiger partial charge in [0.15, 0.2) is 0 Å². The minimum absolute atomic E-state index is 0.0246. The number of likely N-dealkylation sites (tertiary alicyclic amines) is 1. The van der Waals surface area contributed by atoms with Crippen molar-refractivity contribution >= 4 is 28.8 Å². The molecule has 1 N–H and O–H groups in total. The van der Waals surface area contributed by atoms with Gasteiger partial charge in [-0.15, -0.1) is 10.2 Å². The zero-order chi connectivity index (χ0) is 23.4. The lowest BCUT2D eigenvalue weighted by Gasteiger charge is -2.31. The largest absolute Gasteiger partial charge is 0.497 e. The molecule has 10 heteroatoms. The summed E-state index contributed by atoms with van der Waals surface area (Å²) in [6, 6.07) is 10.7. The third-order valence-electron chi connectivity index (χ3n) is 5.37. The maximum atomic E-state index is 13.4. The molecule has 1 fully saturated rings. The summed E-state index contributed by atoms with van der Waals surface area (Å²) in [6.45, 7) is 1.10. The van der Waals surface area contributed by atoms with Crippen molar-refractivity contribution < 1.29 is 23.5 Å². The predicted octanol–water partition coefficient (Wildman–Crippen LogP) is 3.97. The molecule has 33 heavy (non-hydrogen) atoms. The highest BCUT2D eigenvalue weighted by molar-refractivity contribution is 7.13. The Kier molecular flexibility index (Phi) is 6.83. The first-order valence-corrected chi connectivity index (χ1v) is 11.2. The van der Waals surface area contributed by atoms with Crippen LogP contribution in [0.1, 0.15) is 43.9 Å². The third kappa shape index (κ3) is 5.28. The van der Waals surface area contributed by atoms with Gasteiger partial charge >= 0.3 is 0 Å². The Morgan fingerprint density at radius 2 is 1.88 bits per heavy atom. The van der Waals surface area contributed by atoms with Crippen LogP contribution in [0.25, 0.3) is 0 Å². The molecule has 0 radical (unpaired) electrons. The first kappa shape index (κ1) is 22.7. The van der Waals surface area contributed by atoms with Gasteiger partial charge in [-0.1, -0.05) is 17.4 Å². The Morgan fingerprint density at radius 1 is 1.12 bits per heavy atom. The minimum atomic E-state index is -0.448. The van der Waals surface area contributed by atoms with E-state index >= 15 is 0 Å². The highest BCUT2D eigenvalue weighted by Gasteiger charge is 2.29. The van der Waals surface area contributed by atoms with Gasteiger partial charge in [0.25, 0.3) is 11.8 Å². The molecule has 2 aromatic carbocycles. The molecule has 0 unspecified atom stereocenters. The molecule has 2 heterocycles. The monoisotopic (exact) mass is 470 g/mol. The molecule has 0 aliphatic carbocycles. The number of amides is 2. The van der Waals surface area contributed by atoms with Gasteiger partial charge < -0.3 is 19.7 Å². The minimum Gasteiger partial charge on any atom is -0.497 e. The van der Waals surface area contributed by atoms with Crippen LogP contribution in [0.2, 0.25) is 0 Å². The van der Waals surface area contributed by atoms with E-state index in [0.717, 1.165) is 12.8 Å². The lowest BCUT2D eigenvalue weighted by Crippen LogP contribution is -2.39. The van der Waals surface area contributed by atoms with Crippen molar-refractivity contribution in [1.82, 2.24) is 15.1 Å². The molecule has 1 aromatic heterocycles. The standard InChI is InChI=1S/C23H23FN4O4S/c1-31-18-9-15(10-19(12-18)32-2)23(30)28-8-4-5-14(13-28)21-26-27-22(33-21)20(29)25-17-7-3-6-16(24)11-17/h3,6-7,9-12,14H,4-5,8,13H2,1-2H3,(H,25,29)/t14-/m0/s1. The van der Waals surface area contributed by atoms with Gasteiger partial charge in [0.2, 0.25) is 5.01 Å². The third-order valence-corrected chi connectivity index (χ3v) is 6.46. The summed E-state index contributed by atoms with van der Waals surface area (Å²) in [7, 11) is 3.08. The van der Waals surface area contributed by atoms with Crippen LogP contribution >= 0.6 is 11.3 Å². The number of nitrogens with zero attached hydrogens (tertiary/aromatic N) is 3. The smallest absolute Gasteiger partial charge is 0.286 e. The number of hydrogen-bond donors (Lipinski definition) is 1. The van der Waals surface area contributed by atoms with Crippen LogP contribution in [-0.4, -0.2) is 54.2 Å². The van der Waals surface area contributed by atoms with Crippen LogP contribution in [0.5, 0.6) is 11.5 Å². The van der Waals surface area contributed by atoms with Crippen molar-refractivity contribution in [2.75, 3.05) is 32.6 Å². The van der Waals surface area contributed by atoms with Gasteiger partial charge in [-0.05, 0) is 43.2 Å². The summed E-state index contributed by atoms with van der Waals surface area (Å²) < 4.78 is 23.9. The SMILES string of the molecule is COc1cc(OC)cc(C(=O)N2CCC[C@H](c3nnc(C(=O)Nc4cccc(F)c4)s3)C2)c1. The quantitative estimate of drug-likeness (QED) is 0.586. The number of rotatable bonds is 6. The molecule has 1 atom stereocenters. The highest BCUT2D eigenvalue weighted by Crippen LogP contribution is 2.31. The van der Waals surface area contributed by atoms with Gasteiger partial charge in [-0.25, -0.2) is 4.39 Å². The lowest BCUT2D eigenvalue weighted by molar-refractivity contribution is 0.0706. The Balaban J connectivity index is 1.45. The molecule has 172 valence electrons. The second kappa shape index (κ2) is 9.95. The molecular weight excluding hydrogens is 447 g/mol. The van der Waals surface area contributed by atoms with E-state index in [-0.39, 0.29) is 16.8 Å². The molecule has 1 aliphatic heterocycles. The Hall–Kier alpha value is -3.53. The Morgan fingerprint density at radius 3 is 2.58 bits per heavy atom. The second-order valence-corrected chi connectivity index (χ2v) is 8.61. The molecule has 8 nitrogen and oxygen atoms in total. The van der Waals surface area contributed by atoms with E-state index in [1.807, 2.05) is 0 Å². The Bertz CT molecular complexity index is 1150. The number of benzene rings is 2. The number of carbonyl (C=O) groups is 2. The van der Waals surface area contributed by atoms with Crippen molar-refractivity contribution in [3.8, 4) is 11.5 Å². The van der Waals surface area contributed by atoms with Crippen molar-refractivity contribution in [2.45, 2.75) is 18.8 Å². The maximum Gasteiger partial charge on any atom is 0.286 e. The fourth-order valence-corrected chi connectivity index (χ4v) is 4.58. The summed E-state index contributed by atoms with van der Waals surface area (Å²) in [4.78, 5) is 27.4. The normalized spacial score (nSPS) is 15.7. The van der Waals surface area contributed by atoms with Crippen LogP contribution < -0.4 is 14.8 Å². The zero-order valence-electron chi connectivity index (χ0n) is 18.2. The van der Waals surface area contributed by atoms with Gasteiger partial charge in [0.1, 0.15) is 22.3 Å². The Labute approximate surface area is 194 Å². The zero-order valence-corrected chi connectivity index (χ0v) is 19.0. The maximum absolute atomic E-state index is 13.4. The molecule has 4 rings (SSSR count). The van der Waals surface area contributed by atoms with Crippen molar-refractivity contribution in [3.63, 3.8) is 0 Å². The van der Waals surface area contributed by atoms with Gasteiger partial charge in [-0.2, -0.15) is 0 Å². The van der Waals surface area contributed by atoms with E-state index in [0.29, 0.717) is 40.8 Å². The van der Waals surface area contributed by atoms with Crippen LogP contribution in [-0.2, 0) is 0 Å². The highest BCUT2D eigenvalue weighted by atomic mass is 32.1. The molecule has 0 bridgehead atoms. The van der Waals surface area contributed by atoms with E-state index in [1.165, 1.54) is 43.8 Å². The van der Waals surface area contributed by atoms with Gasteiger partial charge in [-0.3, -0.25) is 9.59 Å². The summed E-state index contributed by atoms with van der Waals surface area (Å²) in [5.74, 6) is 0.0607. The number of methoxy groups -OCH3 is 2. The van der Waals surface area contributed by atoms with Gasteiger partial charge in [0, 0.05) is 36.3 Å². The molecule has 1 saturated heterocycles. The average Bonchev–Trinajstić information content (AvgIpc) is 3.34. The van der Waals surface area contributed by atoms with Crippen molar-refractivity contribution in [2.24, 2.45) is 0 Å². The number of aromatic nitrogens is 2. The summed E-state index contributed by atoms with van der Waals surface area (Å²) >= 11 is 1.19. The summed E-state index contributed by atoms with van der Waals surface area (Å²) in [6.07, 6.45) is 1.65. The van der Waals surface area contributed by atoms with E-state index in [4.69, 9.17) is 9.47 Å². The number of piperidine rings is 1. The number of anilines is 1. The average molecular weight is 471 g/mol. The number of halogens is 1. The number of nitrogens with one attached hydrogen (secondary N) is 1. The molecular formula is C23H23FN4O4S. The fraction of sp³-hybridized carbons (Fsp3) is 0.304. The topological polar surface area (TPSA) is 93.7 Å². The van der Waals surface area contributed by atoms with Crippen molar-refractivity contribution in [3.05, 3.63) is 63.9 Å². The first-order valence-electron chi connectivity index (χ1n) is 10.4. The van der Waals surface area contributed by atoms with Crippen LogP contribution in [0.15, 0.2) is 42.5 Å². The van der Waals surface area contributed by atoms with E-state index in [1.54, 1.807) is 29.2 Å². The fourth-order valence-electron chi connectivity index (χ4n) is 3.72. The van der Waals surface area contributed by atoms with Crippen molar-refractivity contribution in [1.29, 1.82) is 0 Å². The van der Waals surface area contributed by atoms with Crippen LogP contribution in [0, 0.1) is 5.82 Å². The number of carbonyl (C=O) groups excluding carboxylic acids is 2. The summed E-state index contributed by atoms with van der Waals surface area (Å²) in [5.41, 5.74) is 0.833. The van der Waals surface area contributed by atoms with E-state index in [2.05, 4.69) is 15.5 Å². The van der Waals surface area contributed by atoms with E-state index in [9.17, 15) is 14.0 Å². The molecule has 3 aromatic rings. The number of hydrogen-bond acceptors (Lipinski definition) is 7. The second-order valence-electron chi connectivity index (χ2n) is 7.60.